The second kappa shape index (κ2) is 8.86. The number of carbonyl (C=O) groups excluding carboxylic acids is 4. The summed E-state index contributed by atoms with van der Waals surface area (Å²) in [4.78, 5) is 50.8. The van der Waals surface area contributed by atoms with Gasteiger partial charge in [0.05, 0.1) is 5.92 Å². The normalized spacial score (nSPS) is 20.7. The van der Waals surface area contributed by atoms with Crippen LogP contribution in [0.5, 0.6) is 0 Å². The molecule has 1 heterocycles. The molecule has 2 aliphatic rings. The van der Waals surface area contributed by atoms with Gasteiger partial charge < -0.3 is 15.0 Å². The van der Waals surface area contributed by atoms with Crippen LogP contribution in [-0.2, 0) is 19.1 Å². The van der Waals surface area contributed by atoms with E-state index in [0.717, 1.165) is 25.7 Å². The molecule has 1 saturated carbocycles. The predicted molar refractivity (Wildman–Crippen MR) is 99.9 cm³/mol. The molecule has 0 aromatic heterocycles. The van der Waals surface area contributed by atoms with E-state index in [4.69, 9.17) is 4.74 Å². The Hall–Kier alpha value is -2.90. The van der Waals surface area contributed by atoms with Gasteiger partial charge in [-0.25, -0.2) is 4.79 Å². The highest BCUT2D eigenvalue weighted by atomic mass is 16.5. The summed E-state index contributed by atoms with van der Waals surface area (Å²) in [5, 5.41) is 4.43. The number of ether oxygens (including phenoxy) is 1. The molecule has 1 aliphatic heterocycles. The fraction of sp³-hybridized carbons (Fsp3) is 0.500. The van der Waals surface area contributed by atoms with Gasteiger partial charge in [-0.3, -0.25) is 19.7 Å². The first-order valence-electron chi connectivity index (χ1n) is 9.57. The van der Waals surface area contributed by atoms with Crippen molar-refractivity contribution in [2.75, 3.05) is 13.6 Å². The first-order valence-corrected chi connectivity index (χ1v) is 9.57. The molecule has 8 nitrogen and oxygen atoms in total. The lowest BCUT2D eigenvalue weighted by Crippen LogP contribution is -2.41. The lowest BCUT2D eigenvalue weighted by Gasteiger charge is -2.24. The molecule has 2 N–H and O–H groups in total. The van der Waals surface area contributed by atoms with Crippen LogP contribution >= 0.6 is 0 Å². The van der Waals surface area contributed by atoms with E-state index in [1.54, 1.807) is 35.2 Å². The van der Waals surface area contributed by atoms with E-state index >= 15 is 0 Å². The summed E-state index contributed by atoms with van der Waals surface area (Å²) >= 11 is 0. The summed E-state index contributed by atoms with van der Waals surface area (Å²) in [6, 6.07) is 8.00. The molecule has 150 valence electrons. The summed E-state index contributed by atoms with van der Waals surface area (Å²) in [6.45, 7) is 0.320. The third-order valence-corrected chi connectivity index (χ3v) is 5.30. The monoisotopic (exact) mass is 387 g/mol. The van der Waals surface area contributed by atoms with Gasteiger partial charge in [0.15, 0.2) is 0 Å². The number of esters is 1. The van der Waals surface area contributed by atoms with E-state index in [1.165, 1.54) is 7.05 Å². The van der Waals surface area contributed by atoms with Crippen molar-refractivity contribution in [2.45, 2.75) is 44.2 Å². The molecule has 3 rings (SSSR count). The number of nitrogens with zero attached hydrogens (tertiary/aromatic N) is 1. The van der Waals surface area contributed by atoms with Crippen molar-refractivity contribution in [1.29, 1.82) is 0 Å². The maximum absolute atomic E-state index is 12.7. The van der Waals surface area contributed by atoms with Gasteiger partial charge in [-0.2, -0.15) is 0 Å². The average Bonchev–Trinajstić information content (AvgIpc) is 3.35. The number of nitrogens with one attached hydrogen (secondary N) is 2. The van der Waals surface area contributed by atoms with E-state index in [1.807, 2.05) is 0 Å². The fourth-order valence-electron chi connectivity index (χ4n) is 3.81. The lowest BCUT2D eigenvalue weighted by atomic mass is 10.1. The van der Waals surface area contributed by atoms with Crippen LogP contribution in [-0.4, -0.2) is 48.3 Å². The van der Waals surface area contributed by atoms with Crippen molar-refractivity contribution in [3.63, 3.8) is 0 Å². The molecule has 2 fully saturated rings. The van der Waals surface area contributed by atoms with Crippen LogP contribution in [0.4, 0.5) is 4.79 Å². The van der Waals surface area contributed by atoms with Gasteiger partial charge in [0.25, 0.3) is 5.91 Å². The Morgan fingerprint density at radius 1 is 1.14 bits per heavy atom. The topological polar surface area (TPSA) is 105 Å². The molecule has 28 heavy (non-hydrogen) atoms. The highest BCUT2D eigenvalue weighted by Crippen LogP contribution is 2.31. The highest BCUT2D eigenvalue weighted by Gasteiger charge is 2.41. The minimum Gasteiger partial charge on any atom is -0.447 e. The SMILES string of the molecule is CNC(=O)NC(=O)[C@H](OC(=O)[C@H]1CC(=O)N(C2CCCC2)C1)c1ccccc1. The zero-order valence-electron chi connectivity index (χ0n) is 15.8. The van der Waals surface area contributed by atoms with Crippen LogP contribution in [0.1, 0.15) is 43.8 Å². The van der Waals surface area contributed by atoms with Gasteiger partial charge in [0.1, 0.15) is 0 Å². The van der Waals surface area contributed by atoms with Crippen molar-refractivity contribution in [1.82, 2.24) is 15.5 Å². The highest BCUT2D eigenvalue weighted by molar-refractivity contribution is 5.98. The Morgan fingerprint density at radius 2 is 1.82 bits per heavy atom. The van der Waals surface area contributed by atoms with E-state index in [0.29, 0.717) is 12.1 Å². The first kappa shape index (κ1) is 19.9. The summed E-state index contributed by atoms with van der Waals surface area (Å²) in [6.07, 6.45) is 2.96. The quantitative estimate of drug-likeness (QED) is 0.746. The molecular formula is C20H25N3O5. The number of likely N-dealkylation sites (tertiary alicyclic amines) is 1. The van der Waals surface area contributed by atoms with Crippen LogP contribution < -0.4 is 10.6 Å². The molecule has 0 spiro atoms. The van der Waals surface area contributed by atoms with E-state index in [2.05, 4.69) is 10.6 Å². The molecule has 8 heteroatoms. The number of rotatable bonds is 5. The molecule has 1 aliphatic carbocycles. The standard InChI is InChI=1S/C20H25N3O5/c1-21-20(27)22-18(25)17(13-7-3-2-4-8-13)28-19(26)14-11-16(24)23(12-14)15-9-5-6-10-15/h2-4,7-8,14-15,17H,5-6,9-12H2,1H3,(H2,21,22,25,27)/t14-,17+/m0/s1. The van der Waals surface area contributed by atoms with Crippen molar-refractivity contribution >= 4 is 23.8 Å². The minimum absolute atomic E-state index is 0.0417. The van der Waals surface area contributed by atoms with E-state index in [9.17, 15) is 19.2 Å². The molecule has 1 saturated heterocycles. The van der Waals surface area contributed by atoms with Gasteiger partial charge in [0.2, 0.25) is 12.0 Å². The zero-order valence-corrected chi connectivity index (χ0v) is 15.8. The third kappa shape index (κ3) is 4.49. The van der Waals surface area contributed by atoms with E-state index < -0.39 is 29.9 Å². The lowest BCUT2D eigenvalue weighted by molar-refractivity contribution is -0.159. The second-order valence-electron chi connectivity index (χ2n) is 7.18. The van der Waals surface area contributed by atoms with Crippen molar-refractivity contribution < 1.29 is 23.9 Å². The number of carbonyl (C=O) groups is 4. The van der Waals surface area contributed by atoms with Gasteiger partial charge in [-0.15, -0.1) is 0 Å². The van der Waals surface area contributed by atoms with Gasteiger partial charge >= 0.3 is 12.0 Å². The van der Waals surface area contributed by atoms with Gasteiger partial charge in [0, 0.05) is 31.6 Å². The second-order valence-corrected chi connectivity index (χ2v) is 7.18. The molecule has 1 aromatic rings. The summed E-state index contributed by atoms with van der Waals surface area (Å²) < 4.78 is 5.48. The molecule has 0 bridgehead atoms. The molecule has 2 atom stereocenters. The Balaban J connectivity index is 1.69. The Bertz CT molecular complexity index is 745. The number of imide groups is 1. The number of amides is 4. The van der Waals surface area contributed by atoms with Gasteiger partial charge in [-0.05, 0) is 12.8 Å². The van der Waals surface area contributed by atoms with Crippen molar-refractivity contribution in [3.8, 4) is 0 Å². The van der Waals surface area contributed by atoms with Crippen LogP contribution in [0.25, 0.3) is 0 Å². The van der Waals surface area contributed by atoms with Crippen LogP contribution in [0.15, 0.2) is 30.3 Å². The molecular weight excluding hydrogens is 362 g/mol. The maximum atomic E-state index is 12.7. The number of urea groups is 1. The largest absolute Gasteiger partial charge is 0.447 e. The number of hydrogen-bond donors (Lipinski definition) is 2. The average molecular weight is 387 g/mol. The Labute approximate surface area is 163 Å². The third-order valence-electron chi connectivity index (χ3n) is 5.30. The van der Waals surface area contributed by atoms with Crippen molar-refractivity contribution in [2.24, 2.45) is 5.92 Å². The smallest absolute Gasteiger partial charge is 0.321 e. The Morgan fingerprint density at radius 3 is 2.46 bits per heavy atom. The molecule has 4 amide bonds. The van der Waals surface area contributed by atoms with Gasteiger partial charge in [-0.1, -0.05) is 43.2 Å². The Kier molecular flexibility index (Phi) is 6.28. The van der Waals surface area contributed by atoms with Crippen LogP contribution in [0.3, 0.4) is 0 Å². The van der Waals surface area contributed by atoms with Crippen LogP contribution in [0, 0.1) is 5.92 Å². The number of hydrogen-bond acceptors (Lipinski definition) is 5. The predicted octanol–water partition coefficient (Wildman–Crippen LogP) is 1.52. The maximum Gasteiger partial charge on any atom is 0.321 e. The number of benzene rings is 1. The summed E-state index contributed by atoms with van der Waals surface area (Å²) in [5.74, 6) is -1.99. The first-order chi connectivity index (χ1) is 13.5. The molecule has 0 radical (unpaired) electrons. The summed E-state index contributed by atoms with van der Waals surface area (Å²) in [5.41, 5.74) is 0.453. The van der Waals surface area contributed by atoms with E-state index in [-0.39, 0.29) is 18.4 Å². The minimum atomic E-state index is -1.26. The summed E-state index contributed by atoms with van der Waals surface area (Å²) in [7, 11) is 1.38. The fourth-order valence-corrected chi connectivity index (χ4v) is 3.81. The molecule has 1 aromatic carbocycles. The van der Waals surface area contributed by atoms with Crippen LogP contribution in [0.2, 0.25) is 0 Å². The zero-order chi connectivity index (χ0) is 20.1. The van der Waals surface area contributed by atoms with Crippen molar-refractivity contribution in [3.05, 3.63) is 35.9 Å². The molecule has 0 unspecified atom stereocenters.